The molecule has 1 saturated heterocycles. The molecule has 0 radical (unpaired) electrons. The van der Waals surface area contributed by atoms with Crippen molar-refractivity contribution in [2.75, 3.05) is 38.5 Å². The predicted octanol–water partition coefficient (Wildman–Crippen LogP) is 2.94. The zero-order valence-corrected chi connectivity index (χ0v) is 15.8. The van der Waals surface area contributed by atoms with Crippen molar-refractivity contribution in [3.63, 3.8) is 0 Å². The highest BCUT2D eigenvalue weighted by Crippen LogP contribution is 2.27. The Kier molecular flexibility index (Phi) is 4.87. The number of piperazine rings is 1. The van der Waals surface area contributed by atoms with Crippen LogP contribution in [-0.2, 0) is 0 Å². The number of fused-ring (bicyclic) bond motifs is 1. The van der Waals surface area contributed by atoms with Gasteiger partial charge >= 0.3 is 0 Å². The normalized spacial score (nSPS) is 15.1. The van der Waals surface area contributed by atoms with Crippen LogP contribution in [0.15, 0.2) is 48.5 Å². The summed E-state index contributed by atoms with van der Waals surface area (Å²) in [5.41, 5.74) is 2.03. The highest BCUT2D eigenvalue weighted by Gasteiger charge is 2.21. The maximum atomic E-state index is 12.7. The van der Waals surface area contributed by atoms with Crippen molar-refractivity contribution in [2.45, 2.75) is 0 Å². The molecule has 0 spiro atoms. The molecule has 2 amide bonds. The molecule has 0 aliphatic carbocycles. The zero-order chi connectivity index (χ0) is 18.8. The van der Waals surface area contributed by atoms with E-state index in [9.17, 15) is 9.59 Å². The van der Waals surface area contributed by atoms with Crippen molar-refractivity contribution in [1.82, 2.24) is 14.8 Å². The molecule has 27 heavy (non-hydrogen) atoms. The van der Waals surface area contributed by atoms with Crippen molar-refractivity contribution >= 4 is 38.5 Å². The molecule has 0 atom stereocenters. The first-order valence-corrected chi connectivity index (χ1v) is 9.66. The largest absolute Gasteiger partial charge is 0.336 e. The Morgan fingerprint density at radius 3 is 2.48 bits per heavy atom. The molecule has 0 bridgehead atoms. The van der Waals surface area contributed by atoms with Crippen LogP contribution in [0.4, 0.5) is 5.13 Å². The Morgan fingerprint density at radius 2 is 1.74 bits per heavy atom. The van der Waals surface area contributed by atoms with Crippen molar-refractivity contribution in [3.8, 4) is 0 Å². The number of nitrogens with one attached hydrogen (secondary N) is 1. The third-order valence-corrected chi connectivity index (χ3v) is 5.62. The molecule has 7 heteroatoms. The van der Waals surface area contributed by atoms with Crippen LogP contribution in [0.2, 0.25) is 0 Å². The van der Waals surface area contributed by atoms with Gasteiger partial charge < -0.3 is 9.80 Å². The fourth-order valence-electron chi connectivity index (χ4n) is 3.06. The molecule has 6 nitrogen and oxygen atoms in total. The number of hydrogen-bond acceptors (Lipinski definition) is 5. The van der Waals surface area contributed by atoms with E-state index in [0.29, 0.717) is 16.3 Å². The third kappa shape index (κ3) is 3.84. The predicted molar refractivity (Wildman–Crippen MR) is 107 cm³/mol. The molecule has 2 aromatic carbocycles. The maximum absolute atomic E-state index is 12.7. The fraction of sp³-hybridized carbons (Fsp3) is 0.250. The smallest absolute Gasteiger partial charge is 0.257 e. The Balaban J connectivity index is 1.51. The molecule has 138 valence electrons. The molecule has 1 fully saturated rings. The summed E-state index contributed by atoms with van der Waals surface area (Å²) < 4.78 is 0.887. The quantitative estimate of drug-likeness (QED) is 0.759. The van der Waals surface area contributed by atoms with Gasteiger partial charge in [-0.1, -0.05) is 29.5 Å². The number of benzene rings is 2. The molecular weight excluding hydrogens is 360 g/mol. The van der Waals surface area contributed by atoms with Crippen molar-refractivity contribution in [1.29, 1.82) is 0 Å². The molecule has 2 heterocycles. The monoisotopic (exact) mass is 380 g/mol. The minimum Gasteiger partial charge on any atom is -0.336 e. The van der Waals surface area contributed by atoms with Crippen LogP contribution in [-0.4, -0.2) is 59.8 Å². The second kappa shape index (κ2) is 7.46. The molecule has 1 aliphatic rings. The summed E-state index contributed by atoms with van der Waals surface area (Å²) in [4.78, 5) is 33.6. The molecule has 0 saturated carbocycles. The van der Waals surface area contributed by atoms with Gasteiger partial charge in [-0.05, 0) is 37.4 Å². The molecule has 0 unspecified atom stereocenters. The van der Waals surface area contributed by atoms with Crippen LogP contribution >= 0.6 is 11.3 Å². The Labute approximate surface area is 161 Å². The number of anilines is 1. The number of aromatic nitrogens is 1. The van der Waals surface area contributed by atoms with Crippen LogP contribution in [0.5, 0.6) is 0 Å². The number of carbonyl (C=O) groups excluding carboxylic acids is 2. The van der Waals surface area contributed by atoms with Crippen LogP contribution in [0.1, 0.15) is 20.7 Å². The van der Waals surface area contributed by atoms with Crippen molar-refractivity contribution < 1.29 is 9.59 Å². The minimum absolute atomic E-state index is 0.0493. The number of thiazole rings is 1. The summed E-state index contributed by atoms with van der Waals surface area (Å²) in [6.45, 7) is 3.28. The fourth-order valence-corrected chi connectivity index (χ4v) is 3.96. The molecule has 3 aromatic rings. The van der Waals surface area contributed by atoms with E-state index in [2.05, 4.69) is 22.2 Å². The first-order valence-electron chi connectivity index (χ1n) is 8.85. The van der Waals surface area contributed by atoms with Gasteiger partial charge in [0.1, 0.15) is 0 Å². The first kappa shape index (κ1) is 17.6. The molecule has 1 aromatic heterocycles. The average molecular weight is 380 g/mol. The highest BCUT2D eigenvalue weighted by atomic mass is 32.1. The van der Waals surface area contributed by atoms with E-state index in [1.165, 1.54) is 11.3 Å². The Bertz CT molecular complexity index is 978. The minimum atomic E-state index is -0.191. The van der Waals surface area contributed by atoms with E-state index in [0.717, 1.165) is 36.4 Å². The lowest BCUT2D eigenvalue weighted by atomic mass is 10.1. The third-order valence-electron chi connectivity index (χ3n) is 4.68. The summed E-state index contributed by atoms with van der Waals surface area (Å²) >= 11 is 1.38. The molecule has 4 rings (SSSR count). The van der Waals surface area contributed by atoms with Gasteiger partial charge in [0.25, 0.3) is 11.8 Å². The van der Waals surface area contributed by atoms with Crippen LogP contribution in [0.3, 0.4) is 0 Å². The second-order valence-electron chi connectivity index (χ2n) is 6.62. The van der Waals surface area contributed by atoms with E-state index < -0.39 is 0 Å². The molecule has 1 aliphatic heterocycles. The van der Waals surface area contributed by atoms with Crippen LogP contribution in [0, 0.1) is 0 Å². The SMILES string of the molecule is CN1CCN(C(=O)c2ccc3nc(NC(=O)c4ccccc4)sc3c2)CC1. The summed E-state index contributed by atoms with van der Waals surface area (Å²) in [7, 11) is 2.07. The summed E-state index contributed by atoms with van der Waals surface area (Å²) in [5, 5.41) is 3.36. The Hall–Kier alpha value is -2.77. The van der Waals surface area contributed by atoms with E-state index in [4.69, 9.17) is 0 Å². The zero-order valence-electron chi connectivity index (χ0n) is 15.0. The van der Waals surface area contributed by atoms with E-state index >= 15 is 0 Å². The number of likely N-dealkylation sites (N-methyl/N-ethyl adjacent to an activating group) is 1. The van der Waals surface area contributed by atoms with Crippen molar-refractivity contribution in [2.24, 2.45) is 0 Å². The standard InChI is InChI=1S/C20H20N4O2S/c1-23-9-11-24(12-10-23)19(26)15-7-8-16-17(13-15)27-20(21-16)22-18(25)14-5-3-2-4-6-14/h2-8,13H,9-12H2,1H3,(H,21,22,25). The number of amides is 2. The van der Waals surface area contributed by atoms with Gasteiger partial charge in [-0.25, -0.2) is 4.98 Å². The van der Waals surface area contributed by atoms with Gasteiger partial charge in [-0.3, -0.25) is 14.9 Å². The molecule has 1 N–H and O–H groups in total. The van der Waals surface area contributed by atoms with E-state index in [1.54, 1.807) is 12.1 Å². The topological polar surface area (TPSA) is 65.5 Å². The lowest BCUT2D eigenvalue weighted by Crippen LogP contribution is -2.47. The summed E-state index contributed by atoms with van der Waals surface area (Å²) in [5.74, 6) is -0.142. The lowest BCUT2D eigenvalue weighted by Gasteiger charge is -2.32. The first-order chi connectivity index (χ1) is 13.1. The highest BCUT2D eigenvalue weighted by molar-refractivity contribution is 7.22. The van der Waals surface area contributed by atoms with Gasteiger partial charge in [-0.15, -0.1) is 0 Å². The number of rotatable bonds is 3. The summed E-state index contributed by atoms with van der Waals surface area (Å²) in [6.07, 6.45) is 0. The van der Waals surface area contributed by atoms with Crippen LogP contribution < -0.4 is 5.32 Å². The average Bonchev–Trinajstić information content (AvgIpc) is 3.10. The number of hydrogen-bond donors (Lipinski definition) is 1. The maximum Gasteiger partial charge on any atom is 0.257 e. The Morgan fingerprint density at radius 1 is 1.00 bits per heavy atom. The van der Waals surface area contributed by atoms with Crippen molar-refractivity contribution in [3.05, 3.63) is 59.7 Å². The van der Waals surface area contributed by atoms with Gasteiger partial charge in [0.2, 0.25) is 0 Å². The van der Waals surface area contributed by atoms with E-state index in [-0.39, 0.29) is 11.8 Å². The lowest BCUT2D eigenvalue weighted by molar-refractivity contribution is 0.0664. The number of nitrogens with zero attached hydrogens (tertiary/aromatic N) is 3. The van der Waals surface area contributed by atoms with Gasteiger partial charge in [0.05, 0.1) is 10.2 Å². The summed E-state index contributed by atoms with van der Waals surface area (Å²) in [6, 6.07) is 14.6. The molecular formula is C20H20N4O2S. The van der Waals surface area contributed by atoms with E-state index in [1.807, 2.05) is 41.3 Å². The van der Waals surface area contributed by atoms with Gasteiger partial charge in [0, 0.05) is 37.3 Å². The van der Waals surface area contributed by atoms with Gasteiger partial charge in [0.15, 0.2) is 5.13 Å². The van der Waals surface area contributed by atoms with Crippen LogP contribution in [0.25, 0.3) is 10.2 Å². The second-order valence-corrected chi connectivity index (χ2v) is 7.65. The number of carbonyl (C=O) groups is 2. The van der Waals surface area contributed by atoms with Gasteiger partial charge in [-0.2, -0.15) is 0 Å².